The molecule has 0 radical (unpaired) electrons. The van der Waals surface area contributed by atoms with E-state index >= 15 is 0 Å². The van der Waals surface area contributed by atoms with Gasteiger partial charge in [0.15, 0.2) is 0 Å². The van der Waals surface area contributed by atoms with Crippen LogP contribution in [0.1, 0.15) is 33.9 Å². The standard InChI is InChI=1S/C17H14F4N2O2/c18-13-5-11(7-22-8-13)16(25)23-9-14(24)6-15(23)10-2-1-3-12(4-10)17(19,20)21/h1-5,7-8,14-15,24H,6,9H2/t14-,15+/m0/s1. The Kier molecular flexibility index (Phi) is 4.47. The molecule has 1 aliphatic rings. The number of amides is 1. The van der Waals surface area contributed by atoms with Gasteiger partial charge in [0.05, 0.1) is 29.5 Å². The lowest BCUT2D eigenvalue weighted by molar-refractivity contribution is -0.137. The maximum absolute atomic E-state index is 13.3. The summed E-state index contributed by atoms with van der Waals surface area (Å²) in [6, 6.07) is 4.92. The minimum atomic E-state index is -4.51. The van der Waals surface area contributed by atoms with Gasteiger partial charge in [-0.15, -0.1) is 0 Å². The molecule has 4 nitrogen and oxygen atoms in total. The summed E-state index contributed by atoms with van der Waals surface area (Å²) in [4.78, 5) is 17.4. The number of aliphatic hydroxyl groups is 1. The van der Waals surface area contributed by atoms with Gasteiger partial charge in [-0.3, -0.25) is 9.78 Å². The maximum atomic E-state index is 13.3. The van der Waals surface area contributed by atoms with Crippen molar-refractivity contribution in [1.82, 2.24) is 9.88 Å². The zero-order chi connectivity index (χ0) is 18.2. The molecule has 1 amide bonds. The van der Waals surface area contributed by atoms with Crippen molar-refractivity contribution in [2.45, 2.75) is 24.7 Å². The van der Waals surface area contributed by atoms with E-state index in [0.29, 0.717) is 0 Å². The van der Waals surface area contributed by atoms with Gasteiger partial charge in [-0.1, -0.05) is 12.1 Å². The van der Waals surface area contributed by atoms with Gasteiger partial charge in [0.25, 0.3) is 5.91 Å². The molecule has 2 atom stereocenters. The van der Waals surface area contributed by atoms with Crippen LogP contribution in [0.4, 0.5) is 17.6 Å². The molecule has 2 aromatic rings. The molecule has 1 aliphatic heterocycles. The van der Waals surface area contributed by atoms with E-state index in [1.54, 1.807) is 0 Å². The Morgan fingerprint density at radius 2 is 2.00 bits per heavy atom. The third-order valence-electron chi connectivity index (χ3n) is 4.09. The van der Waals surface area contributed by atoms with Crippen molar-refractivity contribution in [2.24, 2.45) is 0 Å². The van der Waals surface area contributed by atoms with Crippen LogP contribution in [0.25, 0.3) is 0 Å². The molecule has 8 heteroatoms. The summed E-state index contributed by atoms with van der Waals surface area (Å²) >= 11 is 0. The number of rotatable bonds is 2. The van der Waals surface area contributed by atoms with Crippen LogP contribution in [0.5, 0.6) is 0 Å². The molecule has 2 heterocycles. The molecular formula is C17H14F4N2O2. The van der Waals surface area contributed by atoms with Crippen LogP contribution in [0.15, 0.2) is 42.7 Å². The van der Waals surface area contributed by atoms with Crippen LogP contribution < -0.4 is 0 Å². The van der Waals surface area contributed by atoms with E-state index in [0.717, 1.165) is 24.4 Å². The van der Waals surface area contributed by atoms with Gasteiger partial charge in [-0.2, -0.15) is 13.2 Å². The number of hydrogen-bond donors (Lipinski definition) is 1. The zero-order valence-electron chi connectivity index (χ0n) is 12.9. The highest BCUT2D eigenvalue weighted by molar-refractivity contribution is 5.94. The second-order valence-corrected chi connectivity index (χ2v) is 5.88. The third kappa shape index (κ3) is 3.63. The van der Waals surface area contributed by atoms with E-state index < -0.39 is 35.6 Å². The molecule has 132 valence electrons. The van der Waals surface area contributed by atoms with Gasteiger partial charge in [-0.05, 0) is 30.2 Å². The number of pyridine rings is 1. The fourth-order valence-corrected chi connectivity index (χ4v) is 2.97. The van der Waals surface area contributed by atoms with Gasteiger partial charge >= 0.3 is 6.18 Å². The van der Waals surface area contributed by atoms with E-state index in [1.165, 1.54) is 23.2 Å². The zero-order valence-corrected chi connectivity index (χ0v) is 12.9. The number of alkyl halides is 3. The van der Waals surface area contributed by atoms with Crippen molar-refractivity contribution >= 4 is 5.91 Å². The summed E-state index contributed by atoms with van der Waals surface area (Å²) in [5.41, 5.74) is -0.582. The quantitative estimate of drug-likeness (QED) is 0.843. The smallest absolute Gasteiger partial charge is 0.391 e. The SMILES string of the molecule is O=C(c1cncc(F)c1)N1C[C@@H](O)C[C@@H]1c1cccc(C(F)(F)F)c1. The van der Waals surface area contributed by atoms with E-state index in [2.05, 4.69) is 4.98 Å². The van der Waals surface area contributed by atoms with Crippen molar-refractivity contribution in [3.8, 4) is 0 Å². The largest absolute Gasteiger partial charge is 0.416 e. The van der Waals surface area contributed by atoms with Gasteiger partial charge in [0.1, 0.15) is 5.82 Å². The fraction of sp³-hybridized carbons (Fsp3) is 0.294. The van der Waals surface area contributed by atoms with Crippen LogP contribution in [-0.2, 0) is 6.18 Å². The molecule has 0 spiro atoms. The molecular weight excluding hydrogens is 340 g/mol. The topological polar surface area (TPSA) is 53.4 Å². The van der Waals surface area contributed by atoms with Crippen molar-refractivity contribution in [3.63, 3.8) is 0 Å². The number of aliphatic hydroxyl groups excluding tert-OH is 1. The number of benzene rings is 1. The van der Waals surface area contributed by atoms with E-state index in [4.69, 9.17) is 0 Å². The van der Waals surface area contributed by atoms with Crippen LogP contribution in [0, 0.1) is 5.82 Å². The molecule has 1 saturated heterocycles. The second-order valence-electron chi connectivity index (χ2n) is 5.88. The average molecular weight is 354 g/mol. The number of nitrogens with zero attached hydrogens (tertiary/aromatic N) is 2. The molecule has 0 saturated carbocycles. The molecule has 3 rings (SSSR count). The monoisotopic (exact) mass is 354 g/mol. The minimum absolute atomic E-state index is 0.0222. The van der Waals surface area contributed by atoms with E-state index in [1.807, 2.05) is 0 Å². The number of carbonyl (C=O) groups is 1. The van der Waals surface area contributed by atoms with Crippen molar-refractivity contribution in [2.75, 3.05) is 6.54 Å². The Bertz CT molecular complexity index is 794. The summed E-state index contributed by atoms with van der Waals surface area (Å²) in [5, 5.41) is 9.91. The molecule has 1 N–H and O–H groups in total. The number of aromatic nitrogens is 1. The molecule has 0 bridgehead atoms. The predicted molar refractivity (Wildman–Crippen MR) is 80.0 cm³/mol. The van der Waals surface area contributed by atoms with Gasteiger partial charge < -0.3 is 10.0 Å². The van der Waals surface area contributed by atoms with Crippen LogP contribution >= 0.6 is 0 Å². The lowest BCUT2D eigenvalue weighted by Crippen LogP contribution is -2.32. The Balaban J connectivity index is 1.94. The second kappa shape index (κ2) is 6.44. The number of likely N-dealkylation sites (tertiary alicyclic amines) is 1. The van der Waals surface area contributed by atoms with E-state index in [9.17, 15) is 27.5 Å². The summed E-state index contributed by atoms with van der Waals surface area (Å²) < 4.78 is 52.0. The minimum Gasteiger partial charge on any atom is -0.391 e. The summed E-state index contributed by atoms with van der Waals surface area (Å²) in [6.07, 6.45) is -3.14. The fourth-order valence-electron chi connectivity index (χ4n) is 2.97. The highest BCUT2D eigenvalue weighted by atomic mass is 19.4. The summed E-state index contributed by atoms with van der Waals surface area (Å²) in [5.74, 6) is -1.29. The lowest BCUT2D eigenvalue weighted by atomic mass is 10.0. The Morgan fingerprint density at radius 1 is 1.24 bits per heavy atom. The molecule has 0 unspecified atom stereocenters. The number of halogens is 4. The lowest BCUT2D eigenvalue weighted by Gasteiger charge is -2.25. The summed E-state index contributed by atoms with van der Waals surface area (Å²) in [6.45, 7) is -0.0454. The number of carbonyl (C=O) groups excluding carboxylic acids is 1. The van der Waals surface area contributed by atoms with E-state index in [-0.39, 0.29) is 24.1 Å². The highest BCUT2D eigenvalue weighted by Gasteiger charge is 2.37. The first-order valence-corrected chi connectivity index (χ1v) is 7.52. The number of β-amino-alcohol motifs (C(OH)–C–C–N with tert-alkyl or cyclic N) is 1. The molecule has 1 aromatic heterocycles. The van der Waals surface area contributed by atoms with Crippen LogP contribution in [0.2, 0.25) is 0 Å². The van der Waals surface area contributed by atoms with Crippen molar-refractivity contribution in [3.05, 3.63) is 65.2 Å². The van der Waals surface area contributed by atoms with Crippen molar-refractivity contribution < 1.29 is 27.5 Å². The third-order valence-corrected chi connectivity index (χ3v) is 4.09. The first kappa shape index (κ1) is 17.3. The molecule has 25 heavy (non-hydrogen) atoms. The van der Waals surface area contributed by atoms with Crippen LogP contribution in [-0.4, -0.2) is 33.5 Å². The Morgan fingerprint density at radius 3 is 2.68 bits per heavy atom. The first-order valence-electron chi connectivity index (χ1n) is 7.52. The van der Waals surface area contributed by atoms with Gasteiger partial charge in [0, 0.05) is 12.7 Å². The Hall–Kier alpha value is -2.48. The average Bonchev–Trinajstić information content (AvgIpc) is 2.95. The molecule has 1 fully saturated rings. The molecule has 1 aromatic carbocycles. The maximum Gasteiger partial charge on any atom is 0.416 e. The van der Waals surface area contributed by atoms with Crippen molar-refractivity contribution in [1.29, 1.82) is 0 Å². The predicted octanol–water partition coefficient (Wildman–Crippen LogP) is 3.19. The Labute approximate surface area is 140 Å². The van der Waals surface area contributed by atoms with Crippen LogP contribution in [0.3, 0.4) is 0 Å². The normalized spacial score (nSPS) is 20.8. The molecule has 0 aliphatic carbocycles. The van der Waals surface area contributed by atoms with Gasteiger partial charge in [-0.25, -0.2) is 4.39 Å². The first-order chi connectivity index (χ1) is 11.8. The summed E-state index contributed by atoms with van der Waals surface area (Å²) in [7, 11) is 0. The number of hydrogen-bond acceptors (Lipinski definition) is 3. The van der Waals surface area contributed by atoms with Gasteiger partial charge in [0.2, 0.25) is 0 Å². The highest BCUT2D eigenvalue weighted by Crippen LogP contribution is 2.36.